The van der Waals surface area contributed by atoms with E-state index in [0.29, 0.717) is 11.1 Å². The van der Waals surface area contributed by atoms with Crippen molar-refractivity contribution in [2.75, 3.05) is 5.32 Å². The van der Waals surface area contributed by atoms with Crippen molar-refractivity contribution in [3.05, 3.63) is 47.7 Å². The third-order valence-electron chi connectivity index (χ3n) is 4.92. The van der Waals surface area contributed by atoms with Crippen molar-refractivity contribution in [2.45, 2.75) is 44.2 Å². The first-order chi connectivity index (χ1) is 12.0. The van der Waals surface area contributed by atoms with E-state index >= 15 is 0 Å². The van der Waals surface area contributed by atoms with Gasteiger partial charge in [-0.15, -0.1) is 0 Å². The van der Waals surface area contributed by atoms with Crippen molar-refractivity contribution in [3.63, 3.8) is 0 Å². The fraction of sp³-hybridized carbons (Fsp3) is 0.368. The van der Waals surface area contributed by atoms with Gasteiger partial charge >= 0.3 is 0 Å². The zero-order valence-electron chi connectivity index (χ0n) is 14.1. The maximum Gasteiger partial charge on any atom is 0.165 e. The Morgan fingerprint density at radius 1 is 1.28 bits per heavy atom. The lowest BCUT2D eigenvalue weighted by atomic mass is 9.84. The zero-order valence-corrected chi connectivity index (χ0v) is 14.9. The number of anilines is 1. The topological polar surface area (TPSA) is 62.5 Å². The number of hydrogen-bond acceptors (Lipinski definition) is 4. The molecule has 2 aromatic heterocycles. The fourth-order valence-electron chi connectivity index (χ4n) is 3.40. The van der Waals surface area contributed by atoms with Gasteiger partial charge in [-0.3, -0.25) is 0 Å². The van der Waals surface area contributed by atoms with Gasteiger partial charge in [0.05, 0.1) is 11.8 Å². The van der Waals surface area contributed by atoms with Gasteiger partial charge in [0.2, 0.25) is 0 Å². The Hall–Kier alpha value is -2.11. The SMILES string of the molecule is C[C@]1(O)CC[C@H](Nc2ccn3ncc(-c4cccc(Cl)c4)c3n2)CC1. The first-order valence-corrected chi connectivity index (χ1v) is 8.97. The largest absolute Gasteiger partial charge is 0.390 e. The van der Waals surface area contributed by atoms with Crippen LogP contribution in [-0.4, -0.2) is 31.3 Å². The highest BCUT2D eigenvalue weighted by molar-refractivity contribution is 6.30. The lowest BCUT2D eigenvalue weighted by molar-refractivity contribution is 0.0196. The lowest BCUT2D eigenvalue weighted by Gasteiger charge is -2.33. The van der Waals surface area contributed by atoms with Crippen LogP contribution < -0.4 is 5.32 Å². The third kappa shape index (κ3) is 3.48. The minimum Gasteiger partial charge on any atom is -0.390 e. The van der Waals surface area contributed by atoms with Gasteiger partial charge in [-0.05, 0) is 56.4 Å². The molecule has 1 aliphatic carbocycles. The summed E-state index contributed by atoms with van der Waals surface area (Å²) >= 11 is 6.12. The molecule has 2 N–H and O–H groups in total. The van der Waals surface area contributed by atoms with Gasteiger partial charge in [-0.1, -0.05) is 23.7 Å². The second kappa shape index (κ2) is 6.32. The van der Waals surface area contributed by atoms with Gasteiger partial charge in [0.1, 0.15) is 5.82 Å². The Bertz CT molecular complexity index is 895. The second-order valence-corrected chi connectivity index (χ2v) is 7.50. The van der Waals surface area contributed by atoms with E-state index in [9.17, 15) is 5.11 Å². The molecule has 0 atom stereocenters. The lowest BCUT2D eigenvalue weighted by Crippen LogP contribution is -2.35. The number of rotatable bonds is 3. The molecular formula is C19H21ClN4O. The molecular weight excluding hydrogens is 336 g/mol. The van der Waals surface area contributed by atoms with Crippen molar-refractivity contribution in [2.24, 2.45) is 0 Å². The van der Waals surface area contributed by atoms with Crippen LogP contribution in [0.3, 0.4) is 0 Å². The Labute approximate surface area is 151 Å². The Balaban J connectivity index is 1.61. The summed E-state index contributed by atoms with van der Waals surface area (Å²) in [7, 11) is 0. The Kier molecular flexibility index (Phi) is 4.13. The van der Waals surface area contributed by atoms with E-state index in [1.807, 2.05) is 49.6 Å². The number of benzene rings is 1. The van der Waals surface area contributed by atoms with Crippen LogP contribution in [0.1, 0.15) is 32.6 Å². The van der Waals surface area contributed by atoms with Gasteiger partial charge in [0.15, 0.2) is 5.65 Å². The van der Waals surface area contributed by atoms with Crippen LogP contribution in [0.15, 0.2) is 42.7 Å². The molecule has 5 nitrogen and oxygen atoms in total. The second-order valence-electron chi connectivity index (χ2n) is 7.07. The number of nitrogens with one attached hydrogen (secondary N) is 1. The highest BCUT2D eigenvalue weighted by Crippen LogP contribution is 2.30. The molecule has 0 aliphatic heterocycles. The van der Waals surface area contributed by atoms with E-state index in [4.69, 9.17) is 16.6 Å². The summed E-state index contributed by atoms with van der Waals surface area (Å²) < 4.78 is 1.77. The summed E-state index contributed by atoms with van der Waals surface area (Å²) in [4.78, 5) is 4.76. The predicted octanol–water partition coefficient (Wildman–Crippen LogP) is 4.16. The molecule has 6 heteroatoms. The summed E-state index contributed by atoms with van der Waals surface area (Å²) in [6.07, 6.45) is 7.24. The van der Waals surface area contributed by atoms with Crippen LogP contribution in [0.2, 0.25) is 5.02 Å². The fourth-order valence-corrected chi connectivity index (χ4v) is 3.59. The van der Waals surface area contributed by atoms with Crippen molar-refractivity contribution >= 4 is 23.1 Å². The number of nitrogens with zero attached hydrogens (tertiary/aromatic N) is 3. The first kappa shape index (κ1) is 16.4. The molecule has 2 heterocycles. The molecule has 0 bridgehead atoms. The average Bonchev–Trinajstić information content (AvgIpc) is 3.00. The minimum absolute atomic E-state index is 0.340. The number of hydrogen-bond donors (Lipinski definition) is 2. The molecule has 0 amide bonds. The maximum absolute atomic E-state index is 10.1. The monoisotopic (exact) mass is 356 g/mol. The van der Waals surface area contributed by atoms with Crippen LogP contribution in [0.25, 0.3) is 16.8 Å². The molecule has 1 aromatic carbocycles. The number of aromatic nitrogens is 3. The Morgan fingerprint density at radius 2 is 2.08 bits per heavy atom. The van der Waals surface area contributed by atoms with Crippen LogP contribution in [0, 0.1) is 0 Å². The molecule has 130 valence electrons. The molecule has 1 saturated carbocycles. The molecule has 0 spiro atoms. The van der Waals surface area contributed by atoms with Crippen molar-refractivity contribution in [1.82, 2.24) is 14.6 Å². The molecule has 1 aliphatic rings. The third-order valence-corrected chi connectivity index (χ3v) is 5.15. The van der Waals surface area contributed by atoms with E-state index in [1.165, 1.54) is 0 Å². The Morgan fingerprint density at radius 3 is 2.84 bits per heavy atom. The van der Waals surface area contributed by atoms with E-state index < -0.39 is 5.60 Å². The average molecular weight is 357 g/mol. The van der Waals surface area contributed by atoms with Crippen molar-refractivity contribution < 1.29 is 5.11 Å². The summed E-state index contributed by atoms with van der Waals surface area (Å²) in [6, 6.07) is 9.99. The van der Waals surface area contributed by atoms with Crippen LogP contribution >= 0.6 is 11.6 Å². The van der Waals surface area contributed by atoms with Crippen LogP contribution in [0.5, 0.6) is 0 Å². The zero-order chi connectivity index (χ0) is 17.4. The highest BCUT2D eigenvalue weighted by atomic mass is 35.5. The number of aliphatic hydroxyl groups is 1. The number of fused-ring (bicyclic) bond motifs is 1. The molecule has 4 rings (SSSR count). The predicted molar refractivity (Wildman–Crippen MR) is 99.9 cm³/mol. The standard InChI is InChI=1S/C19H21ClN4O/c1-19(25)8-5-15(6-9-19)22-17-7-10-24-18(23-17)16(12-21-24)13-3-2-4-14(20)11-13/h2-4,7,10-12,15,25H,5-6,8-9H2,1H3,(H,22,23)/t15-,19-. The first-order valence-electron chi connectivity index (χ1n) is 8.59. The molecule has 0 radical (unpaired) electrons. The molecule has 1 fully saturated rings. The summed E-state index contributed by atoms with van der Waals surface area (Å²) in [6.45, 7) is 1.91. The highest BCUT2D eigenvalue weighted by Gasteiger charge is 2.28. The molecule has 3 aromatic rings. The van der Waals surface area contributed by atoms with Gasteiger partial charge in [-0.25, -0.2) is 9.50 Å². The summed E-state index contributed by atoms with van der Waals surface area (Å²) in [5.74, 6) is 0.836. The van der Waals surface area contributed by atoms with E-state index in [0.717, 1.165) is 48.3 Å². The smallest absolute Gasteiger partial charge is 0.165 e. The molecule has 0 unspecified atom stereocenters. The van der Waals surface area contributed by atoms with E-state index in [-0.39, 0.29) is 0 Å². The summed E-state index contributed by atoms with van der Waals surface area (Å²) in [5, 5.41) is 18.7. The normalized spacial score (nSPS) is 23.7. The van der Waals surface area contributed by atoms with Gasteiger partial charge in [0, 0.05) is 22.8 Å². The van der Waals surface area contributed by atoms with Crippen LogP contribution in [-0.2, 0) is 0 Å². The van der Waals surface area contributed by atoms with Crippen LogP contribution in [0.4, 0.5) is 5.82 Å². The van der Waals surface area contributed by atoms with Gasteiger partial charge in [0.25, 0.3) is 0 Å². The quantitative estimate of drug-likeness (QED) is 0.739. The van der Waals surface area contributed by atoms with Gasteiger partial charge in [-0.2, -0.15) is 5.10 Å². The van der Waals surface area contributed by atoms with E-state index in [2.05, 4.69) is 10.4 Å². The molecule has 25 heavy (non-hydrogen) atoms. The maximum atomic E-state index is 10.1. The van der Waals surface area contributed by atoms with Crippen molar-refractivity contribution in [1.29, 1.82) is 0 Å². The minimum atomic E-state index is -0.527. The van der Waals surface area contributed by atoms with E-state index in [1.54, 1.807) is 4.52 Å². The number of halogens is 1. The van der Waals surface area contributed by atoms with Crippen molar-refractivity contribution in [3.8, 4) is 11.1 Å². The summed E-state index contributed by atoms with van der Waals surface area (Å²) in [5.41, 5.74) is 2.23. The van der Waals surface area contributed by atoms with Gasteiger partial charge < -0.3 is 10.4 Å². The molecule has 0 saturated heterocycles.